The maximum Gasteiger partial charge on any atom is 0.128 e. The molecule has 0 aromatic carbocycles. The smallest absolute Gasteiger partial charge is 0.128 e. The van der Waals surface area contributed by atoms with Crippen LogP contribution < -0.4 is 4.90 Å². The molecule has 0 radical (unpaired) electrons. The molecule has 2 heterocycles. The summed E-state index contributed by atoms with van der Waals surface area (Å²) in [5.74, 6) is 0.997. The average Bonchev–Trinajstić information content (AvgIpc) is 2.85. The molecule has 0 bridgehead atoms. The third kappa shape index (κ3) is 2.95. The van der Waals surface area contributed by atoms with E-state index in [9.17, 15) is 0 Å². The van der Waals surface area contributed by atoms with Gasteiger partial charge in [0.15, 0.2) is 0 Å². The van der Waals surface area contributed by atoms with Gasteiger partial charge in [-0.05, 0) is 25.0 Å². The lowest BCUT2D eigenvalue weighted by atomic mass is 10.3. The number of hydrogen-bond acceptors (Lipinski definition) is 3. The minimum Gasteiger partial charge on any atom is -0.357 e. The van der Waals surface area contributed by atoms with E-state index in [4.69, 9.17) is 5.26 Å². The van der Waals surface area contributed by atoms with E-state index in [1.54, 1.807) is 6.20 Å². The third-order valence-corrected chi connectivity index (χ3v) is 2.31. The van der Waals surface area contributed by atoms with Gasteiger partial charge in [0, 0.05) is 19.3 Å². The number of nitrogens with zero attached hydrogens (tertiary/aromatic N) is 3. The van der Waals surface area contributed by atoms with Crippen LogP contribution in [-0.4, -0.2) is 18.1 Å². The fraction of sp³-hybridized carbons (Fsp3) is 0.500. The van der Waals surface area contributed by atoms with Gasteiger partial charge in [0.05, 0.1) is 5.56 Å². The van der Waals surface area contributed by atoms with Crippen LogP contribution in [0.15, 0.2) is 18.3 Å². The van der Waals surface area contributed by atoms with E-state index in [1.165, 1.54) is 12.8 Å². The molecule has 2 rings (SSSR count). The minimum atomic E-state index is 0.628. The Kier molecular flexibility index (Phi) is 4.62. The monoisotopic (exact) mass is 203 g/mol. The molecule has 1 saturated heterocycles. The van der Waals surface area contributed by atoms with Gasteiger partial charge in [0.25, 0.3) is 0 Å². The summed E-state index contributed by atoms with van der Waals surface area (Å²) in [5, 5.41) is 8.59. The van der Waals surface area contributed by atoms with Crippen molar-refractivity contribution >= 4 is 5.82 Å². The number of pyridine rings is 1. The molecule has 3 heteroatoms. The van der Waals surface area contributed by atoms with E-state index >= 15 is 0 Å². The van der Waals surface area contributed by atoms with Crippen LogP contribution in [0.25, 0.3) is 0 Å². The quantitative estimate of drug-likeness (QED) is 0.704. The van der Waals surface area contributed by atoms with E-state index in [0.29, 0.717) is 5.56 Å². The first-order valence-corrected chi connectivity index (χ1v) is 5.51. The zero-order chi connectivity index (χ0) is 11.1. The molecule has 0 unspecified atom stereocenters. The molecule has 0 amide bonds. The highest BCUT2D eigenvalue weighted by Gasteiger charge is 2.12. The molecule has 80 valence electrons. The first kappa shape index (κ1) is 11.5. The Morgan fingerprint density at radius 2 is 1.93 bits per heavy atom. The van der Waals surface area contributed by atoms with Crippen LogP contribution in [0.4, 0.5) is 5.82 Å². The van der Waals surface area contributed by atoms with E-state index in [-0.39, 0.29) is 0 Å². The van der Waals surface area contributed by atoms with Gasteiger partial charge >= 0.3 is 0 Å². The Morgan fingerprint density at radius 1 is 1.27 bits per heavy atom. The first-order valence-electron chi connectivity index (χ1n) is 5.51. The summed E-state index contributed by atoms with van der Waals surface area (Å²) < 4.78 is 0. The van der Waals surface area contributed by atoms with E-state index in [1.807, 2.05) is 26.0 Å². The molecule has 1 aromatic heterocycles. The molecule has 1 aliphatic heterocycles. The molecule has 0 saturated carbocycles. The maximum atomic E-state index is 8.59. The van der Waals surface area contributed by atoms with Crippen molar-refractivity contribution in [1.29, 1.82) is 5.26 Å². The van der Waals surface area contributed by atoms with Gasteiger partial charge in [0.2, 0.25) is 0 Å². The van der Waals surface area contributed by atoms with Crippen molar-refractivity contribution in [3.63, 3.8) is 0 Å². The summed E-state index contributed by atoms with van der Waals surface area (Å²) in [6, 6.07) is 5.80. The molecule has 0 aliphatic carbocycles. The number of anilines is 1. The van der Waals surface area contributed by atoms with Crippen LogP contribution in [0.1, 0.15) is 32.3 Å². The van der Waals surface area contributed by atoms with Crippen molar-refractivity contribution in [1.82, 2.24) is 4.98 Å². The fourth-order valence-corrected chi connectivity index (χ4v) is 1.59. The zero-order valence-corrected chi connectivity index (χ0v) is 9.40. The van der Waals surface area contributed by atoms with Crippen molar-refractivity contribution in [2.75, 3.05) is 18.0 Å². The van der Waals surface area contributed by atoms with Crippen molar-refractivity contribution in [2.24, 2.45) is 0 Å². The van der Waals surface area contributed by atoms with Gasteiger partial charge in [-0.3, -0.25) is 0 Å². The lowest BCUT2D eigenvalue weighted by molar-refractivity contribution is 0.937. The van der Waals surface area contributed by atoms with Crippen LogP contribution in [0, 0.1) is 11.3 Å². The van der Waals surface area contributed by atoms with Crippen LogP contribution in [-0.2, 0) is 0 Å². The van der Waals surface area contributed by atoms with E-state index in [2.05, 4.69) is 16.0 Å². The van der Waals surface area contributed by atoms with E-state index in [0.717, 1.165) is 18.9 Å². The lowest BCUT2D eigenvalue weighted by Gasteiger charge is -2.15. The first-order chi connectivity index (χ1) is 7.40. The SMILES string of the molecule is CC.N#Cc1ccc(N2CCCC2)nc1. The molecule has 0 atom stereocenters. The van der Waals surface area contributed by atoms with Crippen LogP contribution in [0.2, 0.25) is 0 Å². The van der Waals surface area contributed by atoms with Gasteiger partial charge in [-0.1, -0.05) is 13.8 Å². The Morgan fingerprint density at radius 3 is 2.40 bits per heavy atom. The predicted octanol–water partition coefficient (Wildman–Crippen LogP) is 2.58. The van der Waals surface area contributed by atoms with Crippen molar-refractivity contribution in [3.8, 4) is 6.07 Å². The standard InChI is InChI=1S/C10H11N3.C2H6/c11-7-9-3-4-10(12-8-9)13-5-1-2-6-13;1-2/h3-4,8H,1-2,5-6H2;1-2H3. The molecule has 1 aromatic rings. The summed E-state index contributed by atoms with van der Waals surface area (Å²) in [5.41, 5.74) is 0.628. The lowest BCUT2D eigenvalue weighted by Crippen LogP contribution is -2.18. The Balaban J connectivity index is 0.000000531. The van der Waals surface area contributed by atoms with Crippen molar-refractivity contribution < 1.29 is 0 Å². The fourth-order valence-electron chi connectivity index (χ4n) is 1.59. The number of hydrogen-bond donors (Lipinski definition) is 0. The average molecular weight is 203 g/mol. The minimum absolute atomic E-state index is 0.628. The third-order valence-electron chi connectivity index (χ3n) is 2.31. The molecular formula is C12H17N3. The number of nitriles is 1. The van der Waals surface area contributed by atoms with Crippen molar-refractivity contribution in [2.45, 2.75) is 26.7 Å². The maximum absolute atomic E-state index is 8.59. The van der Waals surface area contributed by atoms with Crippen molar-refractivity contribution in [3.05, 3.63) is 23.9 Å². The number of aromatic nitrogens is 1. The summed E-state index contributed by atoms with van der Waals surface area (Å²) in [4.78, 5) is 6.49. The van der Waals surface area contributed by atoms with Gasteiger partial charge < -0.3 is 4.90 Å². The van der Waals surface area contributed by atoms with Gasteiger partial charge in [-0.2, -0.15) is 5.26 Å². The predicted molar refractivity (Wildman–Crippen MR) is 61.7 cm³/mol. The van der Waals surface area contributed by atoms with Crippen LogP contribution in [0.5, 0.6) is 0 Å². The molecule has 3 nitrogen and oxygen atoms in total. The molecule has 0 N–H and O–H groups in total. The molecule has 0 spiro atoms. The topological polar surface area (TPSA) is 39.9 Å². The largest absolute Gasteiger partial charge is 0.357 e. The van der Waals surface area contributed by atoms with Gasteiger partial charge in [0.1, 0.15) is 11.9 Å². The molecule has 15 heavy (non-hydrogen) atoms. The van der Waals surface area contributed by atoms with Gasteiger partial charge in [-0.25, -0.2) is 4.98 Å². The Hall–Kier alpha value is -1.56. The molecule has 1 fully saturated rings. The highest BCUT2D eigenvalue weighted by atomic mass is 15.2. The second kappa shape index (κ2) is 6.02. The number of rotatable bonds is 1. The summed E-state index contributed by atoms with van der Waals surface area (Å²) in [6.45, 7) is 6.19. The second-order valence-electron chi connectivity index (χ2n) is 3.21. The Labute approximate surface area is 91.4 Å². The molecular weight excluding hydrogens is 186 g/mol. The highest BCUT2D eigenvalue weighted by molar-refractivity contribution is 5.42. The van der Waals surface area contributed by atoms with Crippen LogP contribution in [0.3, 0.4) is 0 Å². The zero-order valence-electron chi connectivity index (χ0n) is 9.40. The summed E-state index contributed by atoms with van der Waals surface area (Å²) >= 11 is 0. The highest BCUT2D eigenvalue weighted by Crippen LogP contribution is 2.16. The summed E-state index contributed by atoms with van der Waals surface area (Å²) in [6.07, 6.45) is 4.14. The second-order valence-corrected chi connectivity index (χ2v) is 3.21. The van der Waals surface area contributed by atoms with Gasteiger partial charge in [-0.15, -0.1) is 0 Å². The normalized spacial score (nSPS) is 14.1. The van der Waals surface area contributed by atoms with Crippen LogP contribution >= 0.6 is 0 Å². The van der Waals surface area contributed by atoms with E-state index < -0.39 is 0 Å². The summed E-state index contributed by atoms with van der Waals surface area (Å²) in [7, 11) is 0. The molecule has 1 aliphatic rings. The Bertz CT molecular complexity index is 318.